The average molecular weight is 329 g/mol. The molecule has 1 saturated heterocycles. The molecule has 2 aromatic carbocycles. The lowest BCUT2D eigenvalue weighted by Crippen LogP contribution is -2.43. The molecule has 1 fully saturated rings. The third-order valence-electron chi connectivity index (χ3n) is 4.69. The van der Waals surface area contributed by atoms with E-state index in [0.29, 0.717) is 0 Å². The van der Waals surface area contributed by atoms with E-state index in [-0.39, 0.29) is 24.6 Å². The fraction of sp³-hybridized carbons (Fsp3) is 0.368. The molecule has 0 aromatic heterocycles. The van der Waals surface area contributed by atoms with Gasteiger partial charge >= 0.3 is 0 Å². The summed E-state index contributed by atoms with van der Waals surface area (Å²) in [4.78, 5) is 2.26. The Bertz CT molecular complexity index is 719. The first-order valence-corrected chi connectivity index (χ1v) is 8.19. The van der Waals surface area contributed by atoms with E-state index in [1.807, 2.05) is 30.3 Å². The van der Waals surface area contributed by atoms with E-state index in [0.717, 1.165) is 42.3 Å². The van der Waals surface area contributed by atoms with Gasteiger partial charge in [0.1, 0.15) is 17.7 Å². The highest BCUT2D eigenvalue weighted by Gasteiger charge is 2.31. The fourth-order valence-corrected chi connectivity index (χ4v) is 3.41. The molecular weight excluding hydrogens is 309 g/mol. The van der Waals surface area contributed by atoms with Crippen LogP contribution in [0, 0.1) is 5.82 Å². The van der Waals surface area contributed by atoms with Crippen LogP contribution in [0.15, 0.2) is 42.5 Å². The van der Waals surface area contributed by atoms with E-state index in [4.69, 9.17) is 14.2 Å². The molecule has 2 aliphatic rings. The van der Waals surface area contributed by atoms with Crippen molar-refractivity contribution in [2.75, 3.05) is 26.9 Å². The lowest BCUT2D eigenvalue weighted by Gasteiger charge is -2.37. The Balaban J connectivity index is 1.56. The van der Waals surface area contributed by atoms with Crippen molar-refractivity contribution in [2.45, 2.75) is 18.4 Å². The third-order valence-corrected chi connectivity index (χ3v) is 4.69. The molecule has 0 spiro atoms. The second-order valence-corrected chi connectivity index (χ2v) is 6.38. The Morgan fingerprint density at radius 2 is 1.88 bits per heavy atom. The molecule has 2 heterocycles. The van der Waals surface area contributed by atoms with Crippen molar-refractivity contribution in [3.8, 4) is 17.2 Å². The monoisotopic (exact) mass is 329 g/mol. The van der Waals surface area contributed by atoms with Crippen LogP contribution >= 0.6 is 0 Å². The summed E-state index contributed by atoms with van der Waals surface area (Å²) in [6.07, 6.45) is 0.992. The maximum Gasteiger partial charge on any atom is 0.231 e. The molecule has 0 radical (unpaired) electrons. The summed E-state index contributed by atoms with van der Waals surface area (Å²) in [5.41, 5.74) is 1.12. The van der Waals surface area contributed by atoms with Crippen molar-refractivity contribution < 1.29 is 18.6 Å². The maximum absolute atomic E-state index is 13.2. The molecule has 4 nitrogen and oxygen atoms in total. The number of nitrogens with zero attached hydrogens (tertiary/aromatic N) is 1. The molecule has 0 amide bonds. The summed E-state index contributed by atoms with van der Waals surface area (Å²) >= 11 is 0. The quantitative estimate of drug-likeness (QED) is 0.863. The first kappa shape index (κ1) is 15.3. The van der Waals surface area contributed by atoms with Gasteiger partial charge in [0.25, 0.3) is 0 Å². The van der Waals surface area contributed by atoms with Crippen molar-refractivity contribution in [2.24, 2.45) is 0 Å². The Morgan fingerprint density at radius 1 is 1.08 bits per heavy atom. The van der Waals surface area contributed by atoms with E-state index in [9.17, 15) is 4.39 Å². The van der Waals surface area contributed by atoms with Crippen LogP contribution in [0.25, 0.3) is 0 Å². The molecular formula is C19H20FNO3. The Morgan fingerprint density at radius 3 is 2.71 bits per heavy atom. The molecule has 2 aromatic rings. The van der Waals surface area contributed by atoms with Gasteiger partial charge in [-0.3, -0.25) is 0 Å². The molecule has 24 heavy (non-hydrogen) atoms. The van der Waals surface area contributed by atoms with Crippen molar-refractivity contribution in [1.29, 1.82) is 0 Å². The summed E-state index contributed by atoms with van der Waals surface area (Å²) in [5, 5.41) is 0. The van der Waals surface area contributed by atoms with E-state index < -0.39 is 0 Å². The molecule has 0 bridgehead atoms. The number of rotatable bonds is 3. The zero-order valence-corrected chi connectivity index (χ0v) is 13.6. The van der Waals surface area contributed by atoms with Gasteiger partial charge in [-0.15, -0.1) is 0 Å². The highest BCUT2D eigenvalue weighted by Crippen LogP contribution is 2.37. The predicted molar refractivity (Wildman–Crippen MR) is 88.2 cm³/mol. The molecule has 126 valence electrons. The summed E-state index contributed by atoms with van der Waals surface area (Å²) in [6, 6.07) is 12.4. The van der Waals surface area contributed by atoms with Gasteiger partial charge in [-0.1, -0.05) is 12.1 Å². The van der Waals surface area contributed by atoms with Gasteiger partial charge in [0, 0.05) is 18.5 Å². The van der Waals surface area contributed by atoms with Crippen LogP contribution in [0.2, 0.25) is 0 Å². The lowest BCUT2D eigenvalue weighted by molar-refractivity contribution is 0.0828. The fourth-order valence-electron chi connectivity index (χ4n) is 3.41. The van der Waals surface area contributed by atoms with Crippen LogP contribution in [0.1, 0.15) is 17.9 Å². The predicted octanol–water partition coefficient (Wildman–Crippen LogP) is 3.42. The van der Waals surface area contributed by atoms with Gasteiger partial charge < -0.3 is 19.1 Å². The number of benzene rings is 2. The van der Waals surface area contributed by atoms with E-state index >= 15 is 0 Å². The minimum Gasteiger partial charge on any atom is -0.488 e. The van der Waals surface area contributed by atoms with Gasteiger partial charge in [-0.05, 0) is 49.8 Å². The first-order valence-electron chi connectivity index (χ1n) is 8.19. The summed E-state index contributed by atoms with van der Waals surface area (Å²) in [6.45, 7) is 2.09. The molecule has 2 aliphatic heterocycles. The number of piperidine rings is 1. The zero-order chi connectivity index (χ0) is 16.5. The standard InChI is InChI=1S/C19H20FNO3/c1-21-9-8-16(13-2-4-14(20)5-3-13)19(11-21)24-15-6-7-17-18(10-15)23-12-22-17/h2-7,10,16,19H,8-9,11-12H2,1H3. The van der Waals surface area contributed by atoms with Crippen LogP contribution < -0.4 is 14.2 Å². The Kier molecular flexibility index (Phi) is 4.02. The number of halogens is 1. The second kappa shape index (κ2) is 6.32. The van der Waals surface area contributed by atoms with Crippen molar-refractivity contribution >= 4 is 0 Å². The molecule has 0 saturated carbocycles. The molecule has 0 N–H and O–H groups in total. The number of hydrogen-bond donors (Lipinski definition) is 0. The van der Waals surface area contributed by atoms with Crippen LogP contribution in [0.4, 0.5) is 4.39 Å². The number of likely N-dealkylation sites (tertiary alicyclic amines) is 1. The number of likely N-dealkylation sites (N-methyl/N-ethyl adjacent to an activating group) is 1. The minimum atomic E-state index is -0.208. The van der Waals surface area contributed by atoms with Crippen LogP contribution in [-0.4, -0.2) is 37.9 Å². The van der Waals surface area contributed by atoms with Gasteiger partial charge in [-0.25, -0.2) is 4.39 Å². The molecule has 0 aliphatic carbocycles. The van der Waals surface area contributed by atoms with Crippen molar-refractivity contribution in [1.82, 2.24) is 4.90 Å². The normalized spacial score (nSPS) is 23.2. The number of ether oxygens (including phenoxy) is 3. The lowest BCUT2D eigenvalue weighted by atomic mass is 9.87. The van der Waals surface area contributed by atoms with E-state index in [2.05, 4.69) is 11.9 Å². The van der Waals surface area contributed by atoms with Crippen LogP contribution in [0.3, 0.4) is 0 Å². The van der Waals surface area contributed by atoms with E-state index in [1.54, 1.807) is 0 Å². The van der Waals surface area contributed by atoms with Gasteiger partial charge in [0.15, 0.2) is 11.5 Å². The summed E-state index contributed by atoms with van der Waals surface area (Å²) in [5.74, 6) is 2.27. The maximum atomic E-state index is 13.2. The zero-order valence-electron chi connectivity index (χ0n) is 13.6. The van der Waals surface area contributed by atoms with E-state index in [1.165, 1.54) is 12.1 Å². The van der Waals surface area contributed by atoms with Crippen LogP contribution in [-0.2, 0) is 0 Å². The summed E-state index contributed by atoms with van der Waals surface area (Å²) < 4.78 is 30.3. The highest BCUT2D eigenvalue weighted by molar-refractivity contribution is 5.47. The minimum absolute atomic E-state index is 0.00887. The molecule has 5 heteroatoms. The number of fused-ring (bicyclic) bond motifs is 1. The highest BCUT2D eigenvalue weighted by atomic mass is 19.1. The smallest absolute Gasteiger partial charge is 0.231 e. The first-order chi connectivity index (χ1) is 11.7. The Hall–Kier alpha value is -2.27. The largest absolute Gasteiger partial charge is 0.488 e. The average Bonchev–Trinajstić information content (AvgIpc) is 3.04. The number of hydrogen-bond acceptors (Lipinski definition) is 4. The van der Waals surface area contributed by atoms with Crippen molar-refractivity contribution in [3.05, 3.63) is 53.8 Å². The van der Waals surface area contributed by atoms with Crippen molar-refractivity contribution in [3.63, 3.8) is 0 Å². The molecule has 2 unspecified atom stereocenters. The molecule has 4 rings (SSSR count). The Labute approximate surface area is 140 Å². The second-order valence-electron chi connectivity index (χ2n) is 6.38. The van der Waals surface area contributed by atoms with Gasteiger partial charge in [0.2, 0.25) is 6.79 Å². The summed E-state index contributed by atoms with van der Waals surface area (Å²) in [7, 11) is 2.09. The SMILES string of the molecule is CN1CCC(c2ccc(F)cc2)C(Oc2ccc3c(c2)OCO3)C1. The van der Waals surface area contributed by atoms with Gasteiger partial charge in [0.05, 0.1) is 0 Å². The molecule has 2 atom stereocenters. The van der Waals surface area contributed by atoms with Crippen LogP contribution in [0.5, 0.6) is 17.2 Å². The van der Waals surface area contributed by atoms with Gasteiger partial charge in [-0.2, -0.15) is 0 Å². The third kappa shape index (κ3) is 3.04. The topological polar surface area (TPSA) is 30.9 Å².